The predicted molar refractivity (Wildman–Crippen MR) is 119 cm³/mol. The molecule has 0 radical (unpaired) electrons. The second kappa shape index (κ2) is 11.5. The molecule has 3 rings (SSSR count). The zero-order valence-corrected chi connectivity index (χ0v) is 18.7. The van der Waals surface area contributed by atoms with Crippen molar-refractivity contribution in [2.45, 2.75) is 103 Å². The Bertz CT molecular complexity index is 606. The molecular weight excluding hydrogens is 376 g/mol. The third-order valence-electron chi connectivity index (χ3n) is 6.89. The van der Waals surface area contributed by atoms with Gasteiger partial charge in [0, 0.05) is 0 Å². The second-order valence-electron chi connectivity index (χ2n) is 9.25. The van der Waals surface area contributed by atoms with E-state index >= 15 is 0 Å². The number of hydrogen-bond donors (Lipinski definition) is 0. The van der Waals surface area contributed by atoms with E-state index in [0.29, 0.717) is 11.1 Å². The van der Waals surface area contributed by atoms with Crippen LogP contribution < -0.4 is 0 Å². The van der Waals surface area contributed by atoms with Crippen LogP contribution in [0.4, 0.5) is 0 Å². The minimum atomic E-state index is -0.289. The Morgan fingerprint density at radius 1 is 0.667 bits per heavy atom. The summed E-state index contributed by atoms with van der Waals surface area (Å²) in [6, 6.07) is 6.72. The lowest BCUT2D eigenvalue weighted by atomic mass is 9.84. The summed E-state index contributed by atoms with van der Waals surface area (Å²) in [6.07, 6.45) is 13.5. The van der Waals surface area contributed by atoms with Crippen molar-refractivity contribution in [3.63, 3.8) is 0 Å². The first-order chi connectivity index (χ1) is 14.6. The van der Waals surface area contributed by atoms with Gasteiger partial charge in [-0.05, 0) is 87.5 Å². The Labute approximate surface area is 181 Å². The predicted octanol–water partition coefficient (Wildman–Crippen LogP) is 6.72. The van der Waals surface area contributed by atoms with E-state index in [4.69, 9.17) is 9.47 Å². The molecule has 1 aromatic carbocycles. The van der Waals surface area contributed by atoms with Gasteiger partial charge in [0.1, 0.15) is 12.2 Å². The summed E-state index contributed by atoms with van der Waals surface area (Å²) in [5, 5.41) is 0. The van der Waals surface area contributed by atoms with Gasteiger partial charge in [-0.25, -0.2) is 9.59 Å². The number of hydrogen-bond acceptors (Lipinski definition) is 4. The van der Waals surface area contributed by atoms with E-state index in [0.717, 1.165) is 63.2 Å². The molecule has 0 bridgehead atoms. The summed E-state index contributed by atoms with van der Waals surface area (Å²) >= 11 is 0. The van der Waals surface area contributed by atoms with Gasteiger partial charge in [-0.3, -0.25) is 0 Å². The highest BCUT2D eigenvalue weighted by molar-refractivity contribution is 5.93. The fourth-order valence-corrected chi connectivity index (χ4v) is 5.07. The molecule has 166 valence electrons. The van der Waals surface area contributed by atoms with Crippen molar-refractivity contribution in [1.82, 2.24) is 0 Å². The van der Waals surface area contributed by atoms with Gasteiger partial charge in [-0.2, -0.15) is 0 Å². The lowest BCUT2D eigenvalue weighted by Crippen LogP contribution is -2.25. The van der Waals surface area contributed by atoms with Crippen molar-refractivity contribution in [2.24, 2.45) is 11.8 Å². The maximum atomic E-state index is 12.5. The molecule has 1 aromatic rings. The molecule has 0 saturated heterocycles. The fraction of sp³-hybridized carbons (Fsp3) is 0.692. The lowest BCUT2D eigenvalue weighted by molar-refractivity contribution is 0.0148. The molecule has 0 amide bonds. The van der Waals surface area contributed by atoms with Gasteiger partial charge in [-0.1, -0.05) is 39.5 Å². The highest BCUT2D eigenvalue weighted by Crippen LogP contribution is 2.31. The topological polar surface area (TPSA) is 52.6 Å². The van der Waals surface area contributed by atoms with Crippen LogP contribution in [0.25, 0.3) is 0 Å². The Balaban J connectivity index is 1.44. The van der Waals surface area contributed by atoms with Gasteiger partial charge in [0.2, 0.25) is 0 Å². The zero-order valence-electron chi connectivity index (χ0n) is 18.7. The number of esters is 2. The lowest BCUT2D eigenvalue weighted by Gasteiger charge is -2.28. The number of benzene rings is 1. The van der Waals surface area contributed by atoms with Crippen molar-refractivity contribution < 1.29 is 19.1 Å². The molecule has 2 aliphatic carbocycles. The van der Waals surface area contributed by atoms with E-state index < -0.39 is 0 Å². The molecule has 0 heterocycles. The molecular formula is C26H38O4. The van der Waals surface area contributed by atoms with Crippen LogP contribution in [-0.4, -0.2) is 24.1 Å². The quantitative estimate of drug-likeness (QED) is 0.443. The normalized spacial score (nSPS) is 26.7. The summed E-state index contributed by atoms with van der Waals surface area (Å²) in [5.74, 6) is 1.00. The third kappa shape index (κ3) is 6.58. The molecule has 0 N–H and O–H groups in total. The minimum absolute atomic E-state index is 0.0260. The standard InChI is InChI=1S/C26H38O4/c1-3-5-19-7-15-23(16-8-19)29-25(27)21-11-13-22(14-12-21)26(28)30-24-17-9-20(6-4-2)10-18-24/h11-14,19-20,23-24H,3-10,15-18H2,1-2H3. The summed E-state index contributed by atoms with van der Waals surface area (Å²) in [4.78, 5) is 24.9. The van der Waals surface area contributed by atoms with Crippen LogP contribution in [0.15, 0.2) is 24.3 Å². The number of carbonyl (C=O) groups excluding carboxylic acids is 2. The monoisotopic (exact) mass is 414 g/mol. The Kier molecular flexibility index (Phi) is 8.77. The van der Waals surface area contributed by atoms with Gasteiger partial charge >= 0.3 is 11.9 Å². The SMILES string of the molecule is CCCC1CCC(OC(=O)c2ccc(C(=O)OC3CCC(CCC)CC3)cc2)CC1. The van der Waals surface area contributed by atoms with Gasteiger partial charge in [0.25, 0.3) is 0 Å². The average Bonchev–Trinajstić information content (AvgIpc) is 2.77. The first-order valence-corrected chi connectivity index (χ1v) is 12.1. The third-order valence-corrected chi connectivity index (χ3v) is 6.89. The molecule has 2 fully saturated rings. The number of ether oxygens (including phenoxy) is 2. The van der Waals surface area contributed by atoms with Gasteiger partial charge < -0.3 is 9.47 Å². The van der Waals surface area contributed by atoms with E-state index in [9.17, 15) is 9.59 Å². The van der Waals surface area contributed by atoms with Crippen molar-refractivity contribution in [1.29, 1.82) is 0 Å². The molecule has 0 spiro atoms. The number of carbonyl (C=O) groups is 2. The summed E-state index contributed by atoms with van der Waals surface area (Å²) in [5.41, 5.74) is 1.00. The van der Waals surface area contributed by atoms with Crippen LogP contribution in [-0.2, 0) is 9.47 Å². The number of rotatable bonds is 8. The van der Waals surface area contributed by atoms with E-state index in [-0.39, 0.29) is 24.1 Å². The smallest absolute Gasteiger partial charge is 0.338 e. The van der Waals surface area contributed by atoms with Gasteiger partial charge in [0.15, 0.2) is 0 Å². The van der Waals surface area contributed by atoms with Crippen LogP contribution in [0.3, 0.4) is 0 Å². The van der Waals surface area contributed by atoms with Crippen LogP contribution >= 0.6 is 0 Å². The Morgan fingerprint density at radius 2 is 1.00 bits per heavy atom. The maximum absolute atomic E-state index is 12.5. The van der Waals surface area contributed by atoms with E-state index in [2.05, 4.69) is 13.8 Å². The van der Waals surface area contributed by atoms with Crippen LogP contribution in [0.5, 0.6) is 0 Å². The molecule has 0 atom stereocenters. The average molecular weight is 415 g/mol. The first-order valence-electron chi connectivity index (χ1n) is 12.1. The molecule has 30 heavy (non-hydrogen) atoms. The largest absolute Gasteiger partial charge is 0.459 e. The Morgan fingerprint density at radius 3 is 1.30 bits per heavy atom. The molecule has 2 aliphatic rings. The van der Waals surface area contributed by atoms with Crippen LogP contribution in [0, 0.1) is 11.8 Å². The van der Waals surface area contributed by atoms with Crippen LogP contribution in [0.2, 0.25) is 0 Å². The van der Waals surface area contributed by atoms with Gasteiger partial charge in [-0.15, -0.1) is 0 Å². The highest BCUT2D eigenvalue weighted by atomic mass is 16.5. The molecule has 0 aromatic heterocycles. The molecule has 2 saturated carbocycles. The van der Waals surface area contributed by atoms with Crippen LogP contribution in [0.1, 0.15) is 112 Å². The second-order valence-corrected chi connectivity index (χ2v) is 9.25. The summed E-state index contributed by atoms with van der Waals surface area (Å²) in [7, 11) is 0. The molecule has 4 heteroatoms. The molecule has 0 unspecified atom stereocenters. The van der Waals surface area contributed by atoms with Crippen molar-refractivity contribution in [2.75, 3.05) is 0 Å². The Hall–Kier alpha value is -1.84. The first kappa shape index (κ1) is 22.8. The summed E-state index contributed by atoms with van der Waals surface area (Å²) < 4.78 is 11.4. The van der Waals surface area contributed by atoms with Crippen molar-refractivity contribution in [3.05, 3.63) is 35.4 Å². The zero-order chi connectivity index (χ0) is 21.3. The highest BCUT2D eigenvalue weighted by Gasteiger charge is 2.25. The molecule has 4 nitrogen and oxygen atoms in total. The fourth-order valence-electron chi connectivity index (χ4n) is 5.07. The minimum Gasteiger partial charge on any atom is -0.459 e. The van der Waals surface area contributed by atoms with Crippen molar-refractivity contribution in [3.8, 4) is 0 Å². The summed E-state index contributed by atoms with van der Waals surface area (Å²) in [6.45, 7) is 4.45. The van der Waals surface area contributed by atoms with E-state index in [1.165, 1.54) is 25.7 Å². The maximum Gasteiger partial charge on any atom is 0.338 e. The molecule has 0 aliphatic heterocycles. The van der Waals surface area contributed by atoms with Crippen molar-refractivity contribution >= 4 is 11.9 Å². The van der Waals surface area contributed by atoms with Gasteiger partial charge in [0.05, 0.1) is 11.1 Å². The van der Waals surface area contributed by atoms with E-state index in [1.807, 2.05) is 0 Å². The van der Waals surface area contributed by atoms with E-state index in [1.54, 1.807) is 24.3 Å².